The molecule has 0 aliphatic rings. The van der Waals surface area contributed by atoms with Gasteiger partial charge in [0.2, 0.25) is 0 Å². The summed E-state index contributed by atoms with van der Waals surface area (Å²) in [7, 11) is 1.28. The van der Waals surface area contributed by atoms with E-state index < -0.39 is 11.9 Å². The van der Waals surface area contributed by atoms with Crippen molar-refractivity contribution in [2.45, 2.75) is 0 Å². The molecular weight excluding hydrogens is 323 g/mol. The molecule has 0 atom stereocenters. The number of halogens is 2. The second-order valence-corrected chi connectivity index (χ2v) is 4.05. The lowest BCUT2D eigenvalue weighted by atomic mass is 10.4. The van der Waals surface area contributed by atoms with E-state index >= 15 is 0 Å². The number of carbonyl (C=O) groups is 2. The number of hydrogen-bond acceptors (Lipinski definition) is 7. The molecule has 0 saturated heterocycles. The molecule has 2 heterocycles. The van der Waals surface area contributed by atoms with Crippen LogP contribution in [0.4, 0.5) is 0 Å². The maximum atomic E-state index is 10.8. The van der Waals surface area contributed by atoms with Gasteiger partial charge in [-0.3, -0.25) is 0 Å². The first kappa shape index (κ1) is 16.7. The Morgan fingerprint density at radius 3 is 1.76 bits per heavy atom. The highest BCUT2D eigenvalue weighted by Crippen LogP contribution is 2.02. The maximum absolute atomic E-state index is 10.8. The summed E-state index contributed by atoms with van der Waals surface area (Å²) in [6.07, 6.45) is 0. The average Bonchev–Trinajstić information content (AvgIpc) is 2.48. The van der Waals surface area contributed by atoms with Gasteiger partial charge in [0.1, 0.15) is 0 Å². The SMILES string of the molecule is COC(=O)c1ccc(Cl)nn1.O=C(O)c1ccc(Cl)nn1. The van der Waals surface area contributed by atoms with Crippen molar-refractivity contribution in [2.24, 2.45) is 0 Å². The molecule has 8 nitrogen and oxygen atoms in total. The number of carboxylic acids is 1. The summed E-state index contributed by atoms with van der Waals surface area (Å²) in [5.41, 5.74) is 0.0429. The Morgan fingerprint density at radius 1 is 0.952 bits per heavy atom. The monoisotopic (exact) mass is 330 g/mol. The lowest BCUT2D eigenvalue weighted by Gasteiger charge is -1.94. The molecule has 0 spiro atoms. The molecule has 0 fully saturated rings. The summed E-state index contributed by atoms with van der Waals surface area (Å²) in [4.78, 5) is 20.9. The highest BCUT2D eigenvalue weighted by Gasteiger charge is 2.06. The number of rotatable bonds is 2. The molecule has 0 radical (unpaired) electrons. The Balaban J connectivity index is 0.000000211. The van der Waals surface area contributed by atoms with Crippen LogP contribution in [0, 0.1) is 0 Å². The van der Waals surface area contributed by atoms with E-state index in [-0.39, 0.29) is 21.7 Å². The molecular formula is C11H8Cl2N4O4. The zero-order chi connectivity index (χ0) is 15.8. The minimum absolute atomic E-state index is 0.107. The van der Waals surface area contributed by atoms with Crippen LogP contribution < -0.4 is 0 Å². The molecule has 2 aromatic heterocycles. The van der Waals surface area contributed by atoms with Crippen molar-refractivity contribution >= 4 is 35.1 Å². The van der Waals surface area contributed by atoms with E-state index in [1.165, 1.54) is 31.4 Å². The minimum Gasteiger partial charge on any atom is -0.476 e. The zero-order valence-electron chi connectivity index (χ0n) is 10.5. The predicted octanol–water partition coefficient (Wildman–Crippen LogP) is 1.74. The third kappa shape index (κ3) is 5.67. The molecule has 0 aliphatic heterocycles. The van der Waals surface area contributed by atoms with Crippen LogP contribution in [0.2, 0.25) is 10.3 Å². The average molecular weight is 331 g/mol. The van der Waals surface area contributed by atoms with Crippen molar-refractivity contribution in [3.8, 4) is 0 Å². The van der Waals surface area contributed by atoms with Gasteiger partial charge < -0.3 is 9.84 Å². The lowest BCUT2D eigenvalue weighted by molar-refractivity contribution is 0.0591. The van der Waals surface area contributed by atoms with Crippen LogP contribution in [0.25, 0.3) is 0 Å². The zero-order valence-corrected chi connectivity index (χ0v) is 12.0. The van der Waals surface area contributed by atoms with Crippen LogP contribution in [0.5, 0.6) is 0 Å². The Hall–Kier alpha value is -2.32. The van der Waals surface area contributed by atoms with Crippen molar-refractivity contribution < 1.29 is 19.4 Å². The van der Waals surface area contributed by atoms with Crippen LogP contribution >= 0.6 is 23.2 Å². The number of carbonyl (C=O) groups excluding carboxylic acids is 1. The summed E-state index contributed by atoms with van der Waals surface area (Å²) in [6, 6.07) is 5.58. The fourth-order valence-electron chi connectivity index (χ4n) is 0.959. The van der Waals surface area contributed by atoms with Gasteiger partial charge in [-0.25, -0.2) is 9.59 Å². The molecule has 1 N–H and O–H groups in total. The molecule has 2 rings (SSSR count). The fourth-order valence-corrected chi connectivity index (χ4v) is 1.16. The number of aromatic nitrogens is 4. The maximum Gasteiger partial charge on any atom is 0.358 e. The van der Waals surface area contributed by atoms with Crippen molar-refractivity contribution in [1.29, 1.82) is 0 Å². The Morgan fingerprint density at radius 2 is 1.43 bits per heavy atom. The summed E-state index contributed by atoms with van der Waals surface area (Å²) in [5, 5.41) is 22.3. The Bertz CT molecular complexity index is 619. The second-order valence-electron chi connectivity index (χ2n) is 3.28. The van der Waals surface area contributed by atoms with Gasteiger partial charge in [-0.1, -0.05) is 23.2 Å². The van der Waals surface area contributed by atoms with E-state index in [0.717, 1.165) is 0 Å². The summed E-state index contributed by atoms with van der Waals surface area (Å²) in [6.45, 7) is 0. The molecule has 0 aliphatic carbocycles. The normalized spacial score (nSPS) is 9.29. The third-order valence-electron chi connectivity index (χ3n) is 1.88. The summed E-state index contributed by atoms with van der Waals surface area (Å²) >= 11 is 10.8. The first-order valence-electron chi connectivity index (χ1n) is 5.24. The van der Waals surface area contributed by atoms with E-state index in [0.29, 0.717) is 0 Å². The number of methoxy groups -OCH3 is 1. The smallest absolute Gasteiger partial charge is 0.358 e. The van der Waals surface area contributed by atoms with Gasteiger partial charge in [0, 0.05) is 0 Å². The fraction of sp³-hybridized carbons (Fsp3) is 0.0909. The van der Waals surface area contributed by atoms with Crippen LogP contribution in [0.15, 0.2) is 24.3 Å². The molecule has 21 heavy (non-hydrogen) atoms. The number of aromatic carboxylic acids is 1. The van der Waals surface area contributed by atoms with Crippen LogP contribution in [0.3, 0.4) is 0 Å². The highest BCUT2D eigenvalue weighted by molar-refractivity contribution is 6.29. The number of nitrogens with zero attached hydrogens (tertiary/aromatic N) is 4. The van der Waals surface area contributed by atoms with Crippen molar-refractivity contribution in [2.75, 3.05) is 7.11 Å². The highest BCUT2D eigenvalue weighted by atomic mass is 35.5. The van der Waals surface area contributed by atoms with Crippen molar-refractivity contribution in [3.63, 3.8) is 0 Å². The third-order valence-corrected chi connectivity index (χ3v) is 2.28. The topological polar surface area (TPSA) is 115 Å². The predicted molar refractivity (Wildman–Crippen MR) is 72.4 cm³/mol. The van der Waals surface area contributed by atoms with Crippen molar-refractivity contribution in [1.82, 2.24) is 20.4 Å². The number of carboxylic acid groups (broad SMARTS) is 1. The van der Waals surface area contributed by atoms with E-state index in [9.17, 15) is 9.59 Å². The largest absolute Gasteiger partial charge is 0.476 e. The number of ether oxygens (including phenoxy) is 1. The van der Waals surface area contributed by atoms with E-state index in [2.05, 4.69) is 25.1 Å². The number of esters is 1. The molecule has 0 amide bonds. The minimum atomic E-state index is -1.11. The molecule has 2 aromatic rings. The molecule has 0 aromatic carbocycles. The quantitative estimate of drug-likeness (QED) is 0.828. The van der Waals surface area contributed by atoms with Crippen LogP contribution in [-0.4, -0.2) is 44.5 Å². The van der Waals surface area contributed by atoms with Gasteiger partial charge >= 0.3 is 11.9 Å². The van der Waals surface area contributed by atoms with E-state index in [1.807, 2.05) is 0 Å². The molecule has 0 unspecified atom stereocenters. The van der Waals surface area contributed by atoms with E-state index in [4.69, 9.17) is 28.3 Å². The van der Waals surface area contributed by atoms with Gasteiger partial charge in [0.15, 0.2) is 21.7 Å². The van der Waals surface area contributed by atoms with Gasteiger partial charge in [0.05, 0.1) is 7.11 Å². The molecule has 0 bridgehead atoms. The van der Waals surface area contributed by atoms with Crippen LogP contribution in [-0.2, 0) is 4.74 Å². The van der Waals surface area contributed by atoms with Crippen LogP contribution in [0.1, 0.15) is 21.0 Å². The standard InChI is InChI=1S/C6H5ClN2O2.C5H3ClN2O2/c1-11-6(10)4-2-3-5(7)9-8-4;6-4-2-1-3(5(9)10)7-8-4/h2-3H,1H3;1-2H,(H,9,10). The Kier molecular flexibility index (Phi) is 6.44. The van der Waals surface area contributed by atoms with E-state index in [1.54, 1.807) is 0 Å². The second kappa shape index (κ2) is 8.08. The molecule has 0 saturated carbocycles. The Labute approximate surface area is 128 Å². The van der Waals surface area contributed by atoms with Gasteiger partial charge in [-0.15, -0.1) is 20.4 Å². The lowest BCUT2D eigenvalue weighted by Crippen LogP contribution is -2.04. The number of hydrogen-bond donors (Lipinski definition) is 1. The van der Waals surface area contributed by atoms with Gasteiger partial charge in [-0.2, -0.15) is 0 Å². The van der Waals surface area contributed by atoms with Gasteiger partial charge in [0.25, 0.3) is 0 Å². The van der Waals surface area contributed by atoms with Crippen molar-refractivity contribution in [3.05, 3.63) is 46.0 Å². The van der Waals surface area contributed by atoms with Gasteiger partial charge in [-0.05, 0) is 24.3 Å². The molecule has 110 valence electrons. The first-order chi connectivity index (χ1) is 9.93. The summed E-state index contributed by atoms with van der Waals surface area (Å²) in [5.74, 6) is -1.63. The molecule has 10 heteroatoms. The first-order valence-corrected chi connectivity index (χ1v) is 5.99. The summed E-state index contributed by atoms with van der Waals surface area (Å²) < 4.78 is 4.39.